The third-order valence-corrected chi connectivity index (χ3v) is 8.14. The molecule has 1 aliphatic carbocycles. The van der Waals surface area contributed by atoms with Gasteiger partial charge in [-0.05, 0) is 67.3 Å². The quantitative estimate of drug-likeness (QED) is 0.396. The molecule has 3 aromatic rings. The fraction of sp³-hybridized carbons (Fsp3) is 0.406. The summed E-state index contributed by atoms with van der Waals surface area (Å²) in [7, 11) is 0. The summed E-state index contributed by atoms with van der Waals surface area (Å²) in [6, 6.07) is 13.4. The fourth-order valence-corrected chi connectivity index (χ4v) is 5.63. The molecule has 1 fully saturated rings. The van der Waals surface area contributed by atoms with E-state index in [0.717, 1.165) is 74.8 Å². The van der Waals surface area contributed by atoms with Crippen molar-refractivity contribution in [1.29, 1.82) is 0 Å². The number of nitrogens with one attached hydrogen (secondary N) is 1. The van der Waals surface area contributed by atoms with Gasteiger partial charge in [0.25, 0.3) is 5.56 Å². The van der Waals surface area contributed by atoms with Gasteiger partial charge in [-0.25, -0.2) is 14.8 Å². The summed E-state index contributed by atoms with van der Waals surface area (Å²) in [5.74, 6) is -0.572. The molecule has 2 N–H and O–H groups in total. The van der Waals surface area contributed by atoms with Crippen molar-refractivity contribution in [1.82, 2.24) is 19.8 Å². The van der Waals surface area contributed by atoms with Gasteiger partial charge in [-0.1, -0.05) is 26.0 Å². The van der Waals surface area contributed by atoms with Crippen LogP contribution in [0.4, 0.5) is 11.5 Å². The Bertz CT molecular complexity index is 1470. The highest BCUT2D eigenvalue weighted by molar-refractivity contribution is 6.09. The second kappa shape index (κ2) is 13.1. The van der Waals surface area contributed by atoms with Crippen molar-refractivity contribution in [2.45, 2.75) is 39.5 Å². The molecule has 0 bridgehead atoms. The van der Waals surface area contributed by atoms with E-state index < -0.39 is 5.97 Å². The lowest BCUT2D eigenvalue weighted by molar-refractivity contribution is 0.0696. The van der Waals surface area contributed by atoms with Gasteiger partial charge in [0.1, 0.15) is 0 Å². The number of carboxylic acid groups (broad SMARTS) is 1. The Labute approximate surface area is 240 Å². The number of aliphatic imine (C=N–C) groups is 2. The molecule has 0 saturated carbocycles. The number of carboxylic acids is 1. The number of aromatic amines is 1. The van der Waals surface area contributed by atoms with Crippen LogP contribution >= 0.6 is 0 Å². The fourth-order valence-electron chi connectivity index (χ4n) is 5.63. The largest absolute Gasteiger partial charge is 0.478 e. The first-order chi connectivity index (χ1) is 19.9. The van der Waals surface area contributed by atoms with E-state index in [1.807, 2.05) is 6.07 Å². The summed E-state index contributed by atoms with van der Waals surface area (Å²) in [6.07, 6.45) is 5.92. The van der Waals surface area contributed by atoms with Gasteiger partial charge in [0.05, 0.1) is 22.5 Å². The molecule has 1 aliphatic heterocycles. The maximum absolute atomic E-state index is 13.1. The third kappa shape index (κ3) is 7.04. The number of hydrogen-bond donors (Lipinski definition) is 2. The molecule has 0 radical (unpaired) electrons. The summed E-state index contributed by atoms with van der Waals surface area (Å²) in [4.78, 5) is 46.2. The van der Waals surface area contributed by atoms with Crippen LogP contribution in [0.2, 0.25) is 0 Å². The average molecular weight is 555 g/mol. The lowest BCUT2D eigenvalue weighted by Crippen LogP contribution is -2.46. The van der Waals surface area contributed by atoms with E-state index >= 15 is 0 Å². The molecule has 1 aromatic carbocycles. The predicted octanol–water partition coefficient (Wildman–Crippen LogP) is 4.51. The van der Waals surface area contributed by atoms with Gasteiger partial charge in [0.2, 0.25) is 0 Å². The molecular weight excluding hydrogens is 516 g/mol. The van der Waals surface area contributed by atoms with Crippen molar-refractivity contribution in [2.75, 3.05) is 39.3 Å². The molecule has 1 unspecified atom stereocenters. The normalized spacial score (nSPS) is 20.2. The number of aromatic carboxylic acids is 1. The van der Waals surface area contributed by atoms with Gasteiger partial charge in [-0.2, -0.15) is 0 Å². The number of nitrogens with zero attached hydrogens (tertiary/aromatic N) is 5. The van der Waals surface area contributed by atoms with E-state index in [1.54, 1.807) is 12.3 Å². The Morgan fingerprint density at radius 2 is 1.78 bits per heavy atom. The Kier molecular flexibility index (Phi) is 9.16. The number of rotatable bonds is 8. The SMILES string of the molecule is CCC1CC(=Nc2ccc(C(=O)O)cn2)Cc2cc[nH]c(=O)c2C1=Nc1ccc(CCN2CCN(CC)CC2)cc1. The topological polar surface area (TPSA) is 114 Å². The van der Waals surface area contributed by atoms with Crippen LogP contribution in [0.15, 0.2) is 69.6 Å². The van der Waals surface area contributed by atoms with Crippen molar-refractivity contribution in [3.05, 3.63) is 87.5 Å². The molecule has 1 atom stereocenters. The number of piperazine rings is 1. The molecule has 0 amide bonds. The van der Waals surface area contributed by atoms with Gasteiger partial charge in [-0.3, -0.25) is 9.79 Å². The first-order valence-corrected chi connectivity index (χ1v) is 14.5. The van der Waals surface area contributed by atoms with Crippen LogP contribution < -0.4 is 5.56 Å². The van der Waals surface area contributed by atoms with Crippen molar-refractivity contribution in [3.63, 3.8) is 0 Å². The van der Waals surface area contributed by atoms with Crippen LogP contribution in [0, 0.1) is 5.92 Å². The minimum Gasteiger partial charge on any atom is -0.478 e. The maximum Gasteiger partial charge on any atom is 0.337 e. The van der Waals surface area contributed by atoms with E-state index in [2.05, 4.69) is 57.9 Å². The number of likely N-dealkylation sites (N-methyl/N-ethyl adjacent to an activating group) is 1. The summed E-state index contributed by atoms with van der Waals surface area (Å²) in [5, 5.41) is 9.17. The van der Waals surface area contributed by atoms with Crippen LogP contribution in [0.5, 0.6) is 0 Å². The van der Waals surface area contributed by atoms with E-state index in [-0.39, 0.29) is 17.0 Å². The second-order valence-corrected chi connectivity index (χ2v) is 10.8. The number of pyridine rings is 2. The maximum atomic E-state index is 13.1. The Morgan fingerprint density at radius 1 is 1.02 bits per heavy atom. The number of hydrogen-bond acceptors (Lipinski definition) is 7. The van der Waals surface area contributed by atoms with Crippen molar-refractivity contribution >= 4 is 28.9 Å². The summed E-state index contributed by atoms with van der Waals surface area (Å²) >= 11 is 0. The molecule has 5 rings (SSSR count). The molecule has 0 spiro atoms. The highest BCUT2D eigenvalue weighted by Gasteiger charge is 2.28. The molecule has 41 heavy (non-hydrogen) atoms. The summed E-state index contributed by atoms with van der Waals surface area (Å²) < 4.78 is 0. The predicted molar refractivity (Wildman–Crippen MR) is 162 cm³/mol. The highest BCUT2D eigenvalue weighted by Crippen LogP contribution is 2.28. The standard InChI is InChI=1S/C32H38N6O3/c1-3-23-19-27(35-28-10-7-25(21-34-28)32(40)41)20-24-11-13-33-31(39)29(24)30(23)36-26-8-5-22(6-9-26)12-14-38-17-15-37(4-2)16-18-38/h5-11,13,21,23H,3-4,12,14-20H2,1-2H3,(H,33,39)(H,40,41). The average Bonchev–Trinajstić information content (AvgIpc) is 3.14. The molecule has 3 heterocycles. The van der Waals surface area contributed by atoms with Crippen molar-refractivity contribution in [3.8, 4) is 0 Å². The van der Waals surface area contributed by atoms with E-state index in [4.69, 9.17) is 9.98 Å². The summed E-state index contributed by atoms with van der Waals surface area (Å²) in [6.45, 7) is 11.0. The summed E-state index contributed by atoms with van der Waals surface area (Å²) in [5.41, 5.74) is 5.26. The minimum atomic E-state index is -1.02. The number of H-pyrrole nitrogens is 1. The lowest BCUT2D eigenvalue weighted by Gasteiger charge is -2.34. The Hall–Kier alpha value is -3.95. The van der Waals surface area contributed by atoms with Gasteiger partial charge >= 0.3 is 5.97 Å². The van der Waals surface area contributed by atoms with E-state index in [0.29, 0.717) is 24.2 Å². The van der Waals surface area contributed by atoms with Crippen molar-refractivity contribution < 1.29 is 9.90 Å². The number of benzene rings is 1. The van der Waals surface area contributed by atoms with Crippen LogP contribution in [0.1, 0.15) is 53.7 Å². The lowest BCUT2D eigenvalue weighted by atomic mass is 9.92. The first kappa shape index (κ1) is 28.6. The zero-order chi connectivity index (χ0) is 28.8. The molecule has 9 heteroatoms. The van der Waals surface area contributed by atoms with E-state index in [1.165, 1.54) is 17.8 Å². The van der Waals surface area contributed by atoms with Crippen molar-refractivity contribution in [2.24, 2.45) is 15.9 Å². The zero-order valence-corrected chi connectivity index (χ0v) is 23.8. The minimum absolute atomic E-state index is 0.00161. The Morgan fingerprint density at radius 3 is 2.44 bits per heavy atom. The van der Waals surface area contributed by atoms with Crippen LogP contribution in [0.3, 0.4) is 0 Å². The van der Waals surface area contributed by atoms with Crippen LogP contribution in [0.25, 0.3) is 0 Å². The van der Waals surface area contributed by atoms with Gasteiger partial charge in [0, 0.05) is 63.2 Å². The zero-order valence-electron chi connectivity index (χ0n) is 23.8. The van der Waals surface area contributed by atoms with Gasteiger partial charge in [-0.15, -0.1) is 0 Å². The molecule has 9 nitrogen and oxygen atoms in total. The molecule has 1 saturated heterocycles. The molecule has 214 valence electrons. The molecular formula is C32H38N6O3. The molecule has 2 aromatic heterocycles. The monoisotopic (exact) mass is 554 g/mol. The second-order valence-electron chi connectivity index (χ2n) is 10.8. The number of aromatic nitrogens is 2. The molecule has 2 aliphatic rings. The van der Waals surface area contributed by atoms with E-state index in [9.17, 15) is 14.7 Å². The van der Waals surface area contributed by atoms with Gasteiger partial charge in [0.15, 0.2) is 5.82 Å². The first-order valence-electron chi connectivity index (χ1n) is 14.5. The number of carbonyl (C=O) groups is 1. The third-order valence-electron chi connectivity index (χ3n) is 8.14. The smallest absolute Gasteiger partial charge is 0.337 e. The number of fused-ring (bicyclic) bond motifs is 1. The van der Waals surface area contributed by atoms with Crippen LogP contribution in [-0.2, 0) is 12.8 Å². The van der Waals surface area contributed by atoms with Gasteiger partial charge < -0.3 is 19.9 Å². The highest BCUT2D eigenvalue weighted by atomic mass is 16.4. The van der Waals surface area contributed by atoms with Crippen LogP contribution in [-0.4, -0.2) is 81.5 Å². The Balaban J connectivity index is 1.37.